The lowest BCUT2D eigenvalue weighted by molar-refractivity contribution is -0.177. The number of nitrogens with zero attached hydrogens (tertiary/aromatic N) is 1. The average Bonchev–Trinajstić information content (AvgIpc) is 2.80. The monoisotopic (exact) mass is 498 g/mol. The number of fused-ring (bicyclic) bond motifs is 3. The van der Waals surface area contributed by atoms with Crippen LogP contribution in [0.5, 0.6) is 5.75 Å². The van der Waals surface area contributed by atoms with Gasteiger partial charge in [-0.2, -0.15) is 0 Å². The van der Waals surface area contributed by atoms with E-state index in [1.165, 1.54) is 44.1 Å². The average molecular weight is 498 g/mol. The maximum absolute atomic E-state index is 13.6. The highest BCUT2D eigenvalue weighted by molar-refractivity contribution is 6.25. The molecular weight excluding hydrogens is 472 g/mol. The predicted octanol–water partition coefficient (Wildman–Crippen LogP) is 0.523. The summed E-state index contributed by atoms with van der Waals surface area (Å²) in [7, 11) is 2.94. The summed E-state index contributed by atoms with van der Waals surface area (Å²) in [5, 5.41) is 44.5. The zero-order chi connectivity index (χ0) is 26.9. The number of nitrogens with two attached hydrogens (primary N) is 1. The van der Waals surface area contributed by atoms with Crippen molar-refractivity contribution < 1.29 is 44.3 Å². The molecular formula is C25H26N2O9. The number of phenols is 1. The van der Waals surface area contributed by atoms with Crippen LogP contribution in [0.15, 0.2) is 47.4 Å². The molecule has 0 aliphatic heterocycles. The number of hydrogen-bond donors (Lipinski definition) is 5. The molecule has 11 heteroatoms. The molecule has 3 aliphatic rings. The van der Waals surface area contributed by atoms with E-state index in [9.17, 15) is 39.6 Å². The fourth-order valence-electron chi connectivity index (χ4n) is 5.56. The van der Waals surface area contributed by atoms with E-state index in [-0.39, 0.29) is 23.1 Å². The molecule has 0 heterocycles. The molecule has 36 heavy (non-hydrogen) atoms. The summed E-state index contributed by atoms with van der Waals surface area (Å²) < 4.78 is 5.68. The van der Waals surface area contributed by atoms with Crippen LogP contribution in [-0.4, -0.2) is 80.6 Å². The van der Waals surface area contributed by atoms with E-state index in [0.29, 0.717) is 0 Å². The lowest BCUT2D eigenvalue weighted by Gasteiger charge is -2.53. The van der Waals surface area contributed by atoms with E-state index in [4.69, 9.17) is 10.5 Å². The molecule has 0 saturated carbocycles. The maximum Gasteiger partial charge on any atom is 0.305 e. The van der Waals surface area contributed by atoms with Crippen molar-refractivity contribution in [3.05, 3.63) is 58.6 Å². The van der Waals surface area contributed by atoms with E-state index in [0.717, 1.165) is 0 Å². The molecule has 0 aromatic heterocycles. The van der Waals surface area contributed by atoms with Crippen molar-refractivity contribution >= 4 is 29.0 Å². The highest BCUT2D eigenvalue weighted by atomic mass is 16.5. The van der Waals surface area contributed by atoms with Crippen molar-refractivity contribution in [1.82, 2.24) is 4.90 Å². The number of aliphatic hydroxyl groups is 3. The summed E-state index contributed by atoms with van der Waals surface area (Å²) in [6.07, 6.45) is -1.60. The van der Waals surface area contributed by atoms with E-state index in [1.807, 2.05) is 0 Å². The molecule has 3 aliphatic carbocycles. The Morgan fingerprint density at radius 3 is 2.39 bits per heavy atom. The van der Waals surface area contributed by atoms with Gasteiger partial charge in [-0.15, -0.1) is 0 Å². The number of phenolic OH excluding ortho intramolecular Hbond substituents is 1. The van der Waals surface area contributed by atoms with Crippen LogP contribution in [0.4, 0.5) is 0 Å². The van der Waals surface area contributed by atoms with Gasteiger partial charge >= 0.3 is 5.97 Å². The Hall–Kier alpha value is -3.96. The normalized spacial score (nSPS) is 29.6. The number of amides is 1. The van der Waals surface area contributed by atoms with E-state index < -0.39 is 81.4 Å². The molecule has 0 radical (unpaired) electrons. The quantitative estimate of drug-likeness (QED) is 0.289. The largest absolute Gasteiger partial charge is 0.510 e. The second kappa shape index (κ2) is 8.32. The summed E-state index contributed by atoms with van der Waals surface area (Å²) in [5.41, 5.74) is 1.07. The summed E-state index contributed by atoms with van der Waals surface area (Å²) in [5.74, 6) is -9.59. The number of ether oxygens (including phenoxy) is 1. The highest BCUT2D eigenvalue weighted by Gasteiger charge is 2.68. The number of aromatic hydroxyl groups is 1. The van der Waals surface area contributed by atoms with E-state index in [1.54, 1.807) is 0 Å². The van der Waals surface area contributed by atoms with Gasteiger partial charge < -0.3 is 30.9 Å². The van der Waals surface area contributed by atoms with Crippen molar-refractivity contribution in [2.45, 2.75) is 31.1 Å². The first-order chi connectivity index (χ1) is 16.8. The van der Waals surface area contributed by atoms with E-state index >= 15 is 0 Å². The molecule has 190 valence electrons. The van der Waals surface area contributed by atoms with Gasteiger partial charge in [0.1, 0.15) is 28.9 Å². The van der Waals surface area contributed by atoms with Crippen molar-refractivity contribution in [3.63, 3.8) is 0 Å². The van der Waals surface area contributed by atoms with Gasteiger partial charge in [-0.1, -0.05) is 25.6 Å². The van der Waals surface area contributed by atoms with Crippen molar-refractivity contribution in [2.75, 3.05) is 14.1 Å². The number of ketones is 2. The first kappa shape index (κ1) is 25.1. The number of Topliss-reactive ketones (excluding diaryl/α,β-unsaturated/α-hetero) is 2. The Morgan fingerprint density at radius 1 is 1.19 bits per heavy atom. The summed E-state index contributed by atoms with van der Waals surface area (Å²) in [6, 6.07) is 2.90. The number of primary amides is 1. The standard InChI is InChI=1S/C25H26N2O9/c1-5-12(29)36-21-13-9(2)10-7-6-8-11(28)14(10)19(30)15(13)22(32)25(35)17(21)18(27(3)4)20(31)16(23(25)33)24(26)34/h6-8,13,17-18,21,28,31-32,35H,2,5H2,1,3-4H3,(H2,26,34)/t13-,17-,18+,21+,25+/m0/s1. The smallest absolute Gasteiger partial charge is 0.305 e. The minimum absolute atomic E-state index is 0.105. The molecule has 0 spiro atoms. The number of carbonyl (C=O) groups is 4. The fourth-order valence-corrected chi connectivity index (χ4v) is 5.56. The molecule has 4 rings (SSSR count). The maximum atomic E-state index is 13.6. The molecule has 1 amide bonds. The van der Waals surface area contributed by atoms with Crippen LogP contribution in [0.1, 0.15) is 29.3 Å². The Balaban J connectivity index is 2.12. The molecule has 1 aromatic rings. The minimum atomic E-state index is -2.98. The number of carbonyl (C=O) groups excluding carboxylic acids is 4. The zero-order valence-corrected chi connectivity index (χ0v) is 19.8. The van der Waals surface area contributed by atoms with Crippen LogP contribution in [0.2, 0.25) is 0 Å². The second-order valence-electron chi connectivity index (χ2n) is 9.26. The van der Waals surface area contributed by atoms with Gasteiger partial charge in [-0.25, -0.2) is 0 Å². The zero-order valence-electron chi connectivity index (χ0n) is 19.8. The van der Waals surface area contributed by atoms with Gasteiger partial charge in [0, 0.05) is 6.42 Å². The number of aliphatic hydroxyl groups excluding tert-OH is 2. The van der Waals surface area contributed by atoms with E-state index in [2.05, 4.69) is 6.58 Å². The van der Waals surface area contributed by atoms with Crippen LogP contribution >= 0.6 is 0 Å². The highest BCUT2D eigenvalue weighted by Crippen LogP contribution is 2.55. The van der Waals surface area contributed by atoms with Gasteiger partial charge in [-0.3, -0.25) is 24.1 Å². The number of benzene rings is 1. The molecule has 1 aromatic carbocycles. The summed E-state index contributed by atoms with van der Waals surface area (Å²) in [4.78, 5) is 53.1. The lowest BCUT2D eigenvalue weighted by atomic mass is 9.56. The predicted molar refractivity (Wildman–Crippen MR) is 125 cm³/mol. The Kier molecular flexibility index (Phi) is 5.81. The van der Waals surface area contributed by atoms with Crippen molar-refractivity contribution in [1.29, 1.82) is 0 Å². The van der Waals surface area contributed by atoms with Gasteiger partial charge in [0.05, 0.1) is 29.0 Å². The van der Waals surface area contributed by atoms with Gasteiger partial charge in [0.15, 0.2) is 11.4 Å². The van der Waals surface area contributed by atoms with Gasteiger partial charge in [-0.05, 0) is 31.3 Å². The lowest BCUT2D eigenvalue weighted by Crippen LogP contribution is -2.68. The Bertz CT molecular complexity index is 1310. The first-order valence-electron chi connectivity index (χ1n) is 11.2. The topological polar surface area (TPSA) is 188 Å². The molecule has 0 bridgehead atoms. The van der Waals surface area contributed by atoms with Crippen LogP contribution in [0.3, 0.4) is 0 Å². The van der Waals surface area contributed by atoms with Crippen LogP contribution in [-0.2, 0) is 19.1 Å². The SMILES string of the molecule is C=C1c2cccc(O)c2C(=O)C2=C(O)[C@@]3(O)C(=O)C(C(N)=O)=C(O)[C@H](N(C)C)[C@H]3[C@H](OC(=O)CC)[C@@H]12. The number of esters is 1. The number of rotatable bonds is 4. The summed E-state index contributed by atoms with van der Waals surface area (Å²) in [6.45, 7) is 5.53. The number of hydrogen-bond acceptors (Lipinski definition) is 10. The van der Waals surface area contributed by atoms with Gasteiger partial charge in [0.25, 0.3) is 5.91 Å². The van der Waals surface area contributed by atoms with Crippen molar-refractivity contribution in [3.8, 4) is 5.75 Å². The third-order valence-electron chi connectivity index (χ3n) is 7.14. The second-order valence-corrected chi connectivity index (χ2v) is 9.26. The van der Waals surface area contributed by atoms with Crippen molar-refractivity contribution in [2.24, 2.45) is 17.6 Å². The summed E-state index contributed by atoms with van der Waals surface area (Å²) >= 11 is 0. The van der Waals surface area contributed by atoms with Gasteiger partial charge in [0.2, 0.25) is 5.78 Å². The third-order valence-corrected chi connectivity index (χ3v) is 7.14. The molecule has 0 saturated heterocycles. The Labute approximate surface area is 205 Å². The fraction of sp³-hybridized carbons (Fsp3) is 0.360. The number of likely N-dealkylation sites (N-methyl/N-ethyl adjacent to an activating group) is 1. The first-order valence-corrected chi connectivity index (χ1v) is 11.2. The van der Waals surface area contributed by atoms with Crippen LogP contribution < -0.4 is 5.73 Å². The molecule has 0 unspecified atom stereocenters. The third kappa shape index (κ3) is 3.12. The minimum Gasteiger partial charge on any atom is -0.510 e. The molecule has 6 N–H and O–H groups in total. The Morgan fingerprint density at radius 2 is 1.83 bits per heavy atom. The molecule has 11 nitrogen and oxygen atoms in total. The van der Waals surface area contributed by atoms with Crippen LogP contribution in [0.25, 0.3) is 5.57 Å². The van der Waals surface area contributed by atoms with Crippen LogP contribution in [0, 0.1) is 11.8 Å². The molecule has 5 atom stereocenters. The molecule has 0 fully saturated rings.